The summed E-state index contributed by atoms with van der Waals surface area (Å²) in [5, 5.41) is 2.63. The molecular formula is C19H21NO4S. The molecule has 132 valence electrons. The van der Waals surface area contributed by atoms with E-state index >= 15 is 0 Å². The molecule has 0 heterocycles. The number of anilines is 1. The number of hydrogen-bond acceptors (Lipinski definition) is 4. The van der Waals surface area contributed by atoms with Crippen LogP contribution in [0.25, 0.3) is 6.08 Å². The molecule has 0 unspecified atom stereocenters. The van der Waals surface area contributed by atoms with Crippen LogP contribution < -0.4 is 10.1 Å². The summed E-state index contributed by atoms with van der Waals surface area (Å²) in [4.78, 5) is 12.3. The van der Waals surface area contributed by atoms with Crippen LogP contribution in [0.15, 0.2) is 53.4 Å². The first-order chi connectivity index (χ1) is 11.9. The Morgan fingerprint density at radius 1 is 1.20 bits per heavy atom. The molecule has 2 rings (SSSR count). The van der Waals surface area contributed by atoms with E-state index in [0.29, 0.717) is 5.75 Å². The van der Waals surface area contributed by atoms with Crippen LogP contribution in [0.5, 0.6) is 5.75 Å². The van der Waals surface area contributed by atoms with E-state index in [9.17, 15) is 13.2 Å². The highest BCUT2D eigenvalue weighted by Crippen LogP contribution is 2.23. The summed E-state index contributed by atoms with van der Waals surface area (Å²) in [6.07, 6.45) is 2.99. The standard InChI is InChI=1S/C19H21NO4S/c1-4-25(22,23)18-8-6-5-7-16(18)20-19(21)12-10-15-13-14(2)9-11-17(15)24-3/h5-13H,4H2,1-3H3,(H,20,21)/b12-10+. The van der Waals surface area contributed by atoms with Crippen molar-refractivity contribution in [2.24, 2.45) is 0 Å². The molecule has 0 aliphatic heterocycles. The van der Waals surface area contributed by atoms with Gasteiger partial charge in [-0.15, -0.1) is 0 Å². The fourth-order valence-electron chi connectivity index (χ4n) is 2.32. The van der Waals surface area contributed by atoms with Crippen molar-refractivity contribution >= 4 is 27.5 Å². The summed E-state index contributed by atoms with van der Waals surface area (Å²) in [7, 11) is -1.85. The summed E-state index contributed by atoms with van der Waals surface area (Å²) in [5.74, 6) is 0.210. The van der Waals surface area contributed by atoms with Gasteiger partial charge in [0.15, 0.2) is 9.84 Å². The summed E-state index contributed by atoms with van der Waals surface area (Å²) in [6, 6.07) is 12.0. The third kappa shape index (κ3) is 4.70. The number of ether oxygens (including phenoxy) is 1. The Hall–Kier alpha value is -2.60. The van der Waals surface area contributed by atoms with Crippen molar-refractivity contribution in [3.8, 4) is 5.75 Å². The van der Waals surface area contributed by atoms with Gasteiger partial charge in [0.2, 0.25) is 5.91 Å². The van der Waals surface area contributed by atoms with E-state index in [0.717, 1.165) is 11.1 Å². The maximum Gasteiger partial charge on any atom is 0.248 e. The molecular weight excluding hydrogens is 338 g/mol. The fraction of sp³-hybridized carbons (Fsp3) is 0.211. The number of rotatable bonds is 6. The van der Waals surface area contributed by atoms with Crippen LogP contribution in [0.2, 0.25) is 0 Å². The Labute approximate surface area is 148 Å². The largest absolute Gasteiger partial charge is 0.496 e. The normalized spacial score (nSPS) is 11.5. The highest BCUT2D eigenvalue weighted by atomic mass is 32.2. The zero-order valence-corrected chi connectivity index (χ0v) is 15.3. The Kier molecular flexibility index (Phi) is 5.98. The Balaban J connectivity index is 2.24. The molecule has 5 nitrogen and oxygen atoms in total. The van der Waals surface area contributed by atoms with E-state index < -0.39 is 15.7 Å². The molecule has 1 N–H and O–H groups in total. The van der Waals surface area contributed by atoms with Gasteiger partial charge in [0, 0.05) is 11.6 Å². The highest BCUT2D eigenvalue weighted by molar-refractivity contribution is 7.91. The summed E-state index contributed by atoms with van der Waals surface area (Å²) in [5.41, 5.74) is 2.09. The minimum absolute atomic E-state index is 0.0315. The summed E-state index contributed by atoms with van der Waals surface area (Å²) < 4.78 is 29.5. The van der Waals surface area contributed by atoms with Crippen molar-refractivity contribution in [2.45, 2.75) is 18.7 Å². The van der Waals surface area contributed by atoms with Crippen LogP contribution >= 0.6 is 0 Å². The van der Waals surface area contributed by atoms with Gasteiger partial charge in [0.1, 0.15) is 5.75 Å². The van der Waals surface area contributed by atoms with Crippen molar-refractivity contribution in [1.29, 1.82) is 0 Å². The van der Waals surface area contributed by atoms with Gasteiger partial charge in [0.05, 0.1) is 23.4 Å². The number of amides is 1. The van der Waals surface area contributed by atoms with Crippen LogP contribution in [0, 0.1) is 6.92 Å². The van der Waals surface area contributed by atoms with Gasteiger partial charge in [-0.05, 0) is 37.3 Å². The number of carbonyl (C=O) groups excluding carboxylic acids is 1. The number of benzene rings is 2. The molecule has 2 aromatic carbocycles. The number of aryl methyl sites for hydroxylation is 1. The molecule has 0 aromatic heterocycles. The van der Waals surface area contributed by atoms with E-state index in [1.165, 1.54) is 12.1 Å². The van der Waals surface area contributed by atoms with Gasteiger partial charge in [-0.2, -0.15) is 0 Å². The zero-order valence-electron chi connectivity index (χ0n) is 14.4. The molecule has 1 amide bonds. The maximum atomic E-state index is 12.2. The second kappa shape index (κ2) is 7.98. The molecule has 0 saturated carbocycles. The summed E-state index contributed by atoms with van der Waals surface area (Å²) in [6.45, 7) is 3.51. The highest BCUT2D eigenvalue weighted by Gasteiger charge is 2.16. The molecule has 0 saturated heterocycles. The first-order valence-electron chi connectivity index (χ1n) is 7.83. The third-order valence-electron chi connectivity index (χ3n) is 3.66. The average molecular weight is 359 g/mol. The maximum absolute atomic E-state index is 12.2. The van der Waals surface area contributed by atoms with Crippen LogP contribution in [0.4, 0.5) is 5.69 Å². The SMILES string of the molecule is CCS(=O)(=O)c1ccccc1NC(=O)/C=C/c1cc(C)ccc1OC. The molecule has 0 radical (unpaired) electrons. The van der Waals surface area contributed by atoms with Gasteiger partial charge < -0.3 is 10.1 Å². The average Bonchev–Trinajstić information content (AvgIpc) is 2.60. The van der Waals surface area contributed by atoms with Gasteiger partial charge >= 0.3 is 0 Å². The van der Waals surface area contributed by atoms with Crippen molar-refractivity contribution in [3.63, 3.8) is 0 Å². The lowest BCUT2D eigenvalue weighted by Crippen LogP contribution is -2.13. The second-order valence-corrected chi connectivity index (χ2v) is 7.71. The van der Waals surface area contributed by atoms with E-state index in [2.05, 4.69) is 5.32 Å². The number of para-hydroxylation sites is 1. The van der Waals surface area contributed by atoms with Gasteiger partial charge in [-0.25, -0.2) is 8.42 Å². The third-order valence-corrected chi connectivity index (χ3v) is 5.45. The minimum atomic E-state index is -3.42. The molecule has 0 aliphatic rings. The van der Waals surface area contributed by atoms with E-state index in [1.807, 2.05) is 25.1 Å². The Morgan fingerprint density at radius 3 is 2.60 bits per heavy atom. The number of sulfone groups is 1. The van der Waals surface area contributed by atoms with Crippen molar-refractivity contribution in [3.05, 3.63) is 59.7 Å². The smallest absolute Gasteiger partial charge is 0.248 e. The Bertz CT molecular complexity index is 901. The molecule has 0 aliphatic carbocycles. The van der Waals surface area contributed by atoms with Gasteiger partial charge in [0.25, 0.3) is 0 Å². The number of nitrogens with one attached hydrogen (secondary N) is 1. The quantitative estimate of drug-likeness (QED) is 0.802. The second-order valence-electron chi connectivity index (χ2n) is 5.47. The van der Waals surface area contributed by atoms with Crippen molar-refractivity contribution in [1.82, 2.24) is 0 Å². The molecule has 25 heavy (non-hydrogen) atoms. The predicted octanol–water partition coefficient (Wildman–Crippen LogP) is 3.45. The summed E-state index contributed by atoms with van der Waals surface area (Å²) >= 11 is 0. The van der Waals surface area contributed by atoms with Gasteiger partial charge in [-0.3, -0.25) is 4.79 Å². The van der Waals surface area contributed by atoms with Crippen LogP contribution in [0.1, 0.15) is 18.1 Å². The molecule has 0 atom stereocenters. The predicted molar refractivity (Wildman–Crippen MR) is 99.6 cm³/mol. The van der Waals surface area contributed by atoms with E-state index in [-0.39, 0.29) is 16.3 Å². The van der Waals surface area contributed by atoms with Crippen molar-refractivity contribution in [2.75, 3.05) is 18.2 Å². The van der Waals surface area contributed by atoms with Crippen LogP contribution in [-0.4, -0.2) is 27.2 Å². The first kappa shape index (κ1) is 18.7. The van der Waals surface area contributed by atoms with Crippen molar-refractivity contribution < 1.29 is 17.9 Å². The number of hydrogen-bond donors (Lipinski definition) is 1. The first-order valence-corrected chi connectivity index (χ1v) is 9.48. The lowest BCUT2D eigenvalue weighted by atomic mass is 10.1. The molecule has 0 fully saturated rings. The number of methoxy groups -OCH3 is 1. The lowest BCUT2D eigenvalue weighted by molar-refractivity contribution is -0.111. The van der Waals surface area contributed by atoms with Gasteiger partial charge in [-0.1, -0.05) is 30.7 Å². The molecule has 0 bridgehead atoms. The fourth-order valence-corrected chi connectivity index (χ4v) is 3.37. The zero-order chi connectivity index (χ0) is 18.4. The topological polar surface area (TPSA) is 72.5 Å². The van der Waals surface area contributed by atoms with Crippen LogP contribution in [0.3, 0.4) is 0 Å². The minimum Gasteiger partial charge on any atom is -0.496 e. The van der Waals surface area contributed by atoms with E-state index in [1.54, 1.807) is 38.3 Å². The van der Waals surface area contributed by atoms with Crippen LogP contribution in [-0.2, 0) is 14.6 Å². The molecule has 0 spiro atoms. The number of carbonyl (C=O) groups is 1. The van der Waals surface area contributed by atoms with E-state index in [4.69, 9.17) is 4.74 Å². The molecule has 6 heteroatoms. The monoisotopic (exact) mass is 359 g/mol. The Morgan fingerprint density at radius 2 is 1.92 bits per heavy atom. The molecule has 2 aromatic rings. The lowest BCUT2D eigenvalue weighted by Gasteiger charge is -2.09.